The van der Waals surface area contributed by atoms with Gasteiger partial charge in [0.25, 0.3) is 11.8 Å². The van der Waals surface area contributed by atoms with Gasteiger partial charge in [0.05, 0.1) is 37.1 Å². The summed E-state index contributed by atoms with van der Waals surface area (Å²) in [6.07, 6.45) is 0.643. The Hall–Kier alpha value is -2.35. The van der Waals surface area contributed by atoms with E-state index in [1.54, 1.807) is 38.1 Å². The Kier molecular flexibility index (Phi) is 8.95. The molecule has 2 aromatic carbocycles. The summed E-state index contributed by atoms with van der Waals surface area (Å²) in [5, 5.41) is 0.818. The van der Waals surface area contributed by atoms with Crippen molar-refractivity contribution in [3.8, 4) is 0 Å². The molecule has 8 nitrogen and oxygen atoms in total. The number of imide groups is 1. The fourth-order valence-corrected chi connectivity index (χ4v) is 5.12. The number of hydrogen-bond acceptors (Lipinski definition) is 7. The number of phosphoric acid groups is 1. The average Bonchev–Trinajstić information content (AvgIpc) is 3.06. The molecule has 2 unspecified atom stereocenters. The lowest BCUT2D eigenvalue weighted by Crippen LogP contribution is -2.30. The number of carbonyl (C=O) groups excluding carboxylic acids is 2. The number of amides is 2. The first-order chi connectivity index (χ1) is 15.9. The van der Waals surface area contributed by atoms with E-state index in [0.717, 1.165) is 10.6 Å². The van der Waals surface area contributed by atoms with Crippen LogP contribution in [0.1, 0.15) is 66.0 Å². The van der Waals surface area contributed by atoms with Crippen LogP contribution >= 0.6 is 7.82 Å². The van der Waals surface area contributed by atoms with Gasteiger partial charge in [-0.3, -0.25) is 28.0 Å². The van der Waals surface area contributed by atoms with Crippen LogP contribution in [0.15, 0.2) is 54.6 Å². The molecule has 0 radical (unpaired) electrons. The molecule has 0 bridgehead atoms. The number of benzene rings is 2. The van der Waals surface area contributed by atoms with Crippen molar-refractivity contribution in [2.45, 2.75) is 39.7 Å². The van der Waals surface area contributed by atoms with Crippen LogP contribution in [0, 0.1) is 5.92 Å². The summed E-state index contributed by atoms with van der Waals surface area (Å²) < 4.78 is 29.6. The lowest BCUT2D eigenvalue weighted by atomic mass is 9.93. The molecular formula is C24H30NO7P. The summed E-state index contributed by atoms with van der Waals surface area (Å²) in [7, 11) is -3.73. The number of phosphoric ester groups is 1. The maximum Gasteiger partial charge on any atom is 0.475 e. The second-order valence-corrected chi connectivity index (χ2v) is 9.24. The van der Waals surface area contributed by atoms with Gasteiger partial charge in [0.2, 0.25) is 0 Å². The number of hydroxylamine groups is 2. The van der Waals surface area contributed by atoms with Crippen LogP contribution in [0.2, 0.25) is 0 Å². The number of nitrogens with zero attached hydrogens (tertiary/aromatic N) is 1. The first-order valence-electron chi connectivity index (χ1n) is 11.1. The molecule has 0 aromatic heterocycles. The number of fused-ring (bicyclic) bond motifs is 1. The molecule has 2 amide bonds. The van der Waals surface area contributed by atoms with E-state index in [1.165, 1.54) is 0 Å². The second-order valence-electron chi connectivity index (χ2n) is 7.62. The third kappa shape index (κ3) is 6.16. The van der Waals surface area contributed by atoms with Crippen molar-refractivity contribution in [2.75, 3.05) is 19.8 Å². The van der Waals surface area contributed by atoms with Crippen molar-refractivity contribution in [3.63, 3.8) is 0 Å². The molecular weight excluding hydrogens is 445 g/mol. The van der Waals surface area contributed by atoms with Gasteiger partial charge in [0.1, 0.15) is 0 Å². The van der Waals surface area contributed by atoms with Crippen LogP contribution in [0.3, 0.4) is 0 Å². The Morgan fingerprint density at radius 3 is 1.97 bits per heavy atom. The van der Waals surface area contributed by atoms with Gasteiger partial charge in [-0.15, -0.1) is 5.06 Å². The van der Waals surface area contributed by atoms with Gasteiger partial charge in [-0.1, -0.05) is 49.4 Å². The molecule has 1 heterocycles. The van der Waals surface area contributed by atoms with Crippen LogP contribution in [0.5, 0.6) is 0 Å². The van der Waals surface area contributed by atoms with Crippen molar-refractivity contribution in [1.29, 1.82) is 0 Å². The maximum atomic E-state index is 13.0. The molecule has 1 aliphatic heterocycles. The van der Waals surface area contributed by atoms with Crippen LogP contribution < -0.4 is 0 Å². The highest BCUT2D eigenvalue weighted by atomic mass is 31.2. The lowest BCUT2D eigenvalue weighted by molar-refractivity contribution is -0.0934. The number of hydrogen-bond donors (Lipinski definition) is 0. The fourth-order valence-electron chi connectivity index (χ4n) is 3.69. The molecule has 2 aromatic rings. The molecule has 0 aliphatic carbocycles. The van der Waals surface area contributed by atoms with Crippen LogP contribution in [-0.4, -0.2) is 36.7 Å². The van der Waals surface area contributed by atoms with Crippen molar-refractivity contribution in [3.05, 3.63) is 71.3 Å². The van der Waals surface area contributed by atoms with Gasteiger partial charge in [0, 0.05) is 0 Å². The van der Waals surface area contributed by atoms with Gasteiger partial charge >= 0.3 is 7.82 Å². The quantitative estimate of drug-likeness (QED) is 0.212. The van der Waals surface area contributed by atoms with Crippen LogP contribution in [-0.2, 0) is 23.0 Å². The zero-order chi connectivity index (χ0) is 23.8. The lowest BCUT2D eigenvalue weighted by Gasteiger charge is -2.28. The molecule has 0 spiro atoms. The summed E-state index contributed by atoms with van der Waals surface area (Å²) >= 11 is 0. The molecule has 0 saturated heterocycles. The highest BCUT2D eigenvalue weighted by molar-refractivity contribution is 7.48. The van der Waals surface area contributed by atoms with Gasteiger partial charge in [0.15, 0.2) is 0 Å². The summed E-state index contributed by atoms with van der Waals surface area (Å²) in [6.45, 7) is 6.00. The van der Waals surface area contributed by atoms with Crippen molar-refractivity contribution < 1.29 is 32.6 Å². The third-order valence-corrected chi connectivity index (χ3v) is 6.88. The molecule has 0 fully saturated rings. The molecule has 1 aliphatic rings. The van der Waals surface area contributed by atoms with E-state index in [9.17, 15) is 14.2 Å². The minimum Gasteiger partial charge on any atom is -0.287 e. The Morgan fingerprint density at radius 1 is 0.879 bits per heavy atom. The summed E-state index contributed by atoms with van der Waals surface area (Å²) in [5.74, 6) is -0.987. The van der Waals surface area contributed by atoms with E-state index in [2.05, 4.69) is 0 Å². The highest BCUT2D eigenvalue weighted by Gasteiger charge is 2.37. The molecule has 9 heteroatoms. The molecule has 33 heavy (non-hydrogen) atoms. The van der Waals surface area contributed by atoms with Crippen molar-refractivity contribution >= 4 is 19.6 Å². The monoisotopic (exact) mass is 475 g/mol. The van der Waals surface area contributed by atoms with Gasteiger partial charge in [-0.25, -0.2) is 4.57 Å². The molecule has 178 valence electrons. The molecule has 0 saturated carbocycles. The van der Waals surface area contributed by atoms with Gasteiger partial charge < -0.3 is 0 Å². The Bertz CT molecular complexity index is 952. The van der Waals surface area contributed by atoms with E-state index in [0.29, 0.717) is 24.0 Å². The van der Waals surface area contributed by atoms with Gasteiger partial charge in [-0.05, 0) is 50.3 Å². The van der Waals surface area contributed by atoms with E-state index < -0.39 is 25.7 Å². The second kappa shape index (κ2) is 11.7. The van der Waals surface area contributed by atoms with E-state index in [1.807, 2.05) is 37.3 Å². The minimum atomic E-state index is -3.73. The van der Waals surface area contributed by atoms with Gasteiger partial charge in [-0.2, -0.15) is 0 Å². The minimum absolute atomic E-state index is 0.0765. The zero-order valence-corrected chi connectivity index (χ0v) is 20.0. The van der Waals surface area contributed by atoms with E-state index in [4.69, 9.17) is 18.4 Å². The topological polar surface area (TPSA) is 91.4 Å². The van der Waals surface area contributed by atoms with E-state index >= 15 is 0 Å². The van der Waals surface area contributed by atoms with Crippen LogP contribution in [0.25, 0.3) is 0 Å². The summed E-state index contributed by atoms with van der Waals surface area (Å²) in [4.78, 5) is 30.3. The highest BCUT2D eigenvalue weighted by Crippen LogP contribution is 2.54. The third-order valence-electron chi connectivity index (χ3n) is 5.24. The predicted octanol–water partition coefficient (Wildman–Crippen LogP) is 5.57. The molecule has 2 atom stereocenters. The Morgan fingerprint density at radius 2 is 1.42 bits per heavy atom. The van der Waals surface area contributed by atoms with Crippen LogP contribution in [0.4, 0.5) is 0 Å². The standard InChI is InChI=1S/C24H30NO7P/c1-4-30-33(28,31-5-2)32-22(19-13-7-6-8-14-19)18(3)12-11-17-29-25-23(26)20-15-9-10-16-21(20)24(25)27/h6-10,13-16,18,22H,4-5,11-12,17H2,1-3H3. The maximum absolute atomic E-state index is 13.0. The van der Waals surface area contributed by atoms with Crippen molar-refractivity contribution in [2.24, 2.45) is 5.92 Å². The number of rotatable bonds is 13. The summed E-state index contributed by atoms with van der Waals surface area (Å²) in [5.41, 5.74) is 1.54. The first kappa shape index (κ1) is 25.3. The average molecular weight is 475 g/mol. The SMILES string of the molecule is CCOP(=O)(OCC)OC(c1ccccc1)C(C)CCCON1C(=O)c2ccccc2C1=O. The van der Waals surface area contributed by atoms with E-state index in [-0.39, 0.29) is 25.7 Å². The first-order valence-corrected chi connectivity index (χ1v) is 12.6. The molecule has 3 rings (SSSR count). The summed E-state index contributed by atoms with van der Waals surface area (Å²) in [6, 6.07) is 16.1. The largest absolute Gasteiger partial charge is 0.475 e. The smallest absolute Gasteiger partial charge is 0.287 e. The Balaban J connectivity index is 1.61. The normalized spacial score (nSPS) is 15.5. The van der Waals surface area contributed by atoms with Crippen molar-refractivity contribution in [1.82, 2.24) is 5.06 Å². The number of carbonyl (C=O) groups is 2. The predicted molar refractivity (Wildman–Crippen MR) is 122 cm³/mol. The Labute approximate surface area is 194 Å². The fraction of sp³-hybridized carbons (Fsp3) is 0.417. The zero-order valence-electron chi connectivity index (χ0n) is 19.1. The molecule has 0 N–H and O–H groups in total.